The molecule has 0 radical (unpaired) electrons. The van der Waals surface area contributed by atoms with E-state index >= 15 is 0 Å². The second kappa shape index (κ2) is 8.96. The predicted molar refractivity (Wildman–Crippen MR) is 98.0 cm³/mol. The van der Waals surface area contributed by atoms with Crippen molar-refractivity contribution in [2.45, 2.75) is 37.1 Å². The van der Waals surface area contributed by atoms with E-state index in [0.717, 1.165) is 12.2 Å². The minimum atomic E-state index is -0.540. The molecule has 27 heavy (non-hydrogen) atoms. The number of nitrogens with zero attached hydrogens (tertiary/aromatic N) is 4. The van der Waals surface area contributed by atoms with E-state index in [0.29, 0.717) is 34.7 Å². The fourth-order valence-corrected chi connectivity index (χ4v) is 2.94. The van der Waals surface area contributed by atoms with Crippen LogP contribution in [0.1, 0.15) is 30.9 Å². The van der Waals surface area contributed by atoms with Crippen molar-refractivity contribution in [3.05, 3.63) is 46.6 Å². The van der Waals surface area contributed by atoms with Crippen LogP contribution < -0.4 is 5.32 Å². The normalized spacial score (nSPS) is 10.9. The number of carbonyl (C=O) groups is 1. The summed E-state index contributed by atoms with van der Waals surface area (Å²) in [6.45, 7) is 1.99. The Hall–Kier alpha value is -2.46. The molecule has 0 saturated heterocycles. The molecule has 1 aromatic carbocycles. The monoisotopic (exact) mass is 410 g/mol. The summed E-state index contributed by atoms with van der Waals surface area (Å²) in [5, 5.41) is 14.0. The summed E-state index contributed by atoms with van der Waals surface area (Å²) in [6, 6.07) is 3.98. The van der Waals surface area contributed by atoms with Crippen molar-refractivity contribution in [1.82, 2.24) is 25.3 Å². The van der Waals surface area contributed by atoms with Crippen LogP contribution in [0.2, 0.25) is 5.02 Å². The molecule has 142 valence electrons. The highest BCUT2D eigenvalue weighted by molar-refractivity contribution is 7.98. The molecular weight excluding hydrogens is 395 g/mol. The molecule has 0 saturated carbocycles. The lowest BCUT2D eigenvalue weighted by molar-refractivity contribution is -0.116. The van der Waals surface area contributed by atoms with Crippen molar-refractivity contribution in [2.24, 2.45) is 0 Å². The van der Waals surface area contributed by atoms with Gasteiger partial charge in [0.25, 0.3) is 0 Å². The van der Waals surface area contributed by atoms with Crippen LogP contribution in [0.25, 0.3) is 0 Å². The summed E-state index contributed by atoms with van der Waals surface area (Å²) < 4.78 is 18.3. The lowest BCUT2D eigenvalue weighted by Crippen LogP contribution is -2.12. The number of hydrogen-bond donors (Lipinski definition) is 2. The highest BCUT2D eigenvalue weighted by Gasteiger charge is 2.12. The number of amides is 1. The molecule has 1 amide bonds. The minimum absolute atomic E-state index is 0.0516. The van der Waals surface area contributed by atoms with Crippen LogP contribution >= 0.6 is 23.4 Å². The van der Waals surface area contributed by atoms with E-state index in [9.17, 15) is 9.18 Å². The number of rotatable bonds is 8. The fraction of sp³-hybridized carbons (Fsp3) is 0.312. The van der Waals surface area contributed by atoms with Crippen LogP contribution in [-0.4, -0.2) is 31.2 Å². The Morgan fingerprint density at radius 3 is 3.00 bits per heavy atom. The van der Waals surface area contributed by atoms with E-state index in [4.69, 9.17) is 16.1 Å². The third kappa shape index (κ3) is 5.51. The molecule has 0 unspecified atom stereocenters. The predicted octanol–water partition coefficient (Wildman–Crippen LogP) is 3.41. The SMILES string of the molecule is CCc1nc(SCc2noc(CCC(=O)Nc3ccc(F)c(Cl)c3)n2)n[nH]1. The van der Waals surface area contributed by atoms with Crippen LogP contribution in [0.15, 0.2) is 27.9 Å². The van der Waals surface area contributed by atoms with Gasteiger partial charge in [-0.2, -0.15) is 4.98 Å². The number of aryl methyl sites for hydroxylation is 2. The first-order valence-corrected chi connectivity index (χ1v) is 9.50. The highest BCUT2D eigenvalue weighted by atomic mass is 35.5. The number of halogens is 2. The summed E-state index contributed by atoms with van der Waals surface area (Å²) in [6.07, 6.45) is 1.22. The first kappa shape index (κ1) is 19.3. The summed E-state index contributed by atoms with van der Waals surface area (Å²) in [5.74, 6) is 1.34. The Morgan fingerprint density at radius 2 is 2.26 bits per heavy atom. The number of thioether (sulfide) groups is 1. The Morgan fingerprint density at radius 1 is 1.41 bits per heavy atom. The Kier molecular flexibility index (Phi) is 6.40. The fourth-order valence-electron chi connectivity index (χ4n) is 2.10. The first-order valence-electron chi connectivity index (χ1n) is 8.14. The molecule has 3 aromatic rings. The van der Waals surface area contributed by atoms with E-state index in [1.54, 1.807) is 0 Å². The van der Waals surface area contributed by atoms with E-state index in [1.165, 1.54) is 30.0 Å². The van der Waals surface area contributed by atoms with E-state index in [2.05, 4.69) is 30.6 Å². The van der Waals surface area contributed by atoms with Crippen molar-refractivity contribution in [3.8, 4) is 0 Å². The summed E-state index contributed by atoms with van der Waals surface area (Å²) in [7, 11) is 0. The van der Waals surface area contributed by atoms with Gasteiger partial charge in [0.15, 0.2) is 5.82 Å². The molecule has 3 rings (SSSR count). The largest absolute Gasteiger partial charge is 0.339 e. The smallest absolute Gasteiger partial charge is 0.227 e. The summed E-state index contributed by atoms with van der Waals surface area (Å²) in [4.78, 5) is 20.5. The van der Waals surface area contributed by atoms with Gasteiger partial charge in [-0.3, -0.25) is 9.89 Å². The van der Waals surface area contributed by atoms with E-state index in [-0.39, 0.29) is 17.4 Å². The van der Waals surface area contributed by atoms with Crippen LogP contribution in [0.3, 0.4) is 0 Å². The van der Waals surface area contributed by atoms with Crippen molar-refractivity contribution >= 4 is 35.0 Å². The Labute approximate surface area is 163 Å². The zero-order chi connectivity index (χ0) is 19.2. The third-order valence-corrected chi connectivity index (χ3v) is 4.59. The summed E-state index contributed by atoms with van der Waals surface area (Å²) in [5.41, 5.74) is 0.423. The average Bonchev–Trinajstić information content (AvgIpc) is 3.30. The molecular formula is C16H16ClFN6O2S. The maximum Gasteiger partial charge on any atom is 0.227 e. The van der Waals surface area contributed by atoms with Gasteiger partial charge in [0.1, 0.15) is 11.6 Å². The van der Waals surface area contributed by atoms with Crippen LogP contribution in [0.5, 0.6) is 0 Å². The Bertz CT molecular complexity index is 931. The molecule has 2 heterocycles. The quantitative estimate of drug-likeness (QED) is 0.547. The molecule has 2 aromatic heterocycles. The first-order chi connectivity index (χ1) is 13.0. The number of nitrogens with one attached hydrogen (secondary N) is 2. The zero-order valence-corrected chi connectivity index (χ0v) is 15.9. The van der Waals surface area contributed by atoms with Gasteiger partial charge in [0.2, 0.25) is 17.0 Å². The second-order valence-corrected chi connectivity index (χ2v) is 6.84. The number of aromatic nitrogens is 5. The van der Waals surface area contributed by atoms with Crippen molar-refractivity contribution in [2.75, 3.05) is 5.32 Å². The van der Waals surface area contributed by atoms with Gasteiger partial charge in [-0.05, 0) is 18.2 Å². The highest BCUT2D eigenvalue weighted by Crippen LogP contribution is 2.20. The third-order valence-electron chi connectivity index (χ3n) is 3.46. The average molecular weight is 411 g/mol. The van der Waals surface area contributed by atoms with Crippen molar-refractivity contribution < 1.29 is 13.7 Å². The molecule has 0 aliphatic heterocycles. The lowest BCUT2D eigenvalue weighted by atomic mass is 10.2. The summed E-state index contributed by atoms with van der Waals surface area (Å²) >= 11 is 7.07. The van der Waals surface area contributed by atoms with Gasteiger partial charge in [-0.1, -0.05) is 35.4 Å². The van der Waals surface area contributed by atoms with Gasteiger partial charge >= 0.3 is 0 Å². The number of carbonyl (C=O) groups excluding carboxylic acids is 1. The number of aromatic amines is 1. The zero-order valence-electron chi connectivity index (χ0n) is 14.3. The van der Waals surface area contributed by atoms with Gasteiger partial charge < -0.3 is 9.84 Å². The molecule has 0 spiro atoms. The molecule has 0 aliphatic carbocycles. The van der Waals surface area contributed by atoms with Gasteiger partial charge in [-0.15, -0.1) is 5.10 Å². The molecule has 0 aliphatic rings. The maximum atomic E-state index is 13.1. The van der Waals surface area contributed by atoms with Crippen LogP contribution in [-0.2, 0) is 23.4 Å². The van der Waals surface area contributed by atoms with E-state index < -0.39 is 5.82 Å². The van der Waals surface area contributed by atoms with Gasteiger partial charge in [0.05, 0.1) is 10.8 Å². The topological polar surface area (TPSA) is 110 Å². The molecule has 11 heteroatoms. The van der Waals surface area contributed by atoms with Crippen molar-refractivity contribution in [1.29, 1.82) is 0 Å². The maximum absolute atomic E-state index is 13.1. The second-order valence-electron chi connectivity index (χ2n) is 5.49. The van der Waals surface area contributed by atoms with Gasteiger partial charge in [-0.25, -0.2) is 9.37 Å². The number of benzene rings is 1. The minimum Gasteiger partial charge on any atom is -0.339 e. The van der Waals surface area contributed by atoms with Crippen molar-refractivity contribution in [3.63, 3.8) is 0 Å². The van der Waals surface area contributed by atoms with Crippen LogP contribution in [0.4, 0.5) is 10.1 Å². The molecule has 0 bridgehead atoms. The number of H-pyrrole nitrogens is 1. The standard InChI is InChI=1S/C16H16ClFN6O2S/c1-2-12-21-16(23-22-12)27-8-13-20-15(26-24-13)6-5-14(25)19-9-3-4-11(18)10(17)7-9/h3-4,7H,2,5-6,8H2,1H3,(H,19,25)(H,21,22,23). The molecule has 0 fully saturated rings. The molecule has 2 N–H and O–H groups in total. The molecule has 0 atom stereocenters. The van der Waals surface area contributed by atoms with Crippen LogP contribution in [0, 0.1) is 5.82 Å². The number of anilines is 1. The Balaban J connectivity index is 1.45. The van der Waals surface area contributed by atoms with E-state index in [1.807, 2.05) is 6.92 Å². The molecule has 8 nitrogen and oxygen atoms in total. The lowest BCUT2D eigenvalue weighted by Gasteiger charge is -2.04. The number of hydrogen-bond acceptors (Lipinski definition) is 7. The van der Waals surface area contributed by atoms with Gasteiger partial charge in [0, 0.05) is 24.9 Å².